The van der Waals surface area contributed by atoms with E-state index in [-0.39, 0.29) is 12.5 Å². The van der Waals surface area contributed by atoms with Crippen LogP contribution < -0.4 is 9.47 Å². The summed E-state index contributed by atoms with van der Waals surface area (Å²) < 4.78 is 16.3. The van der Waals surface area contributed by atoms with E-state index in [0.717, 1.165) is 16.9 Å². The van der Waals surface area contributed by atoms with Crippen molar-refractivity contribution in [2.45, 2.75) is 33.4 Å². The van der Waals surface area contributed by atoms with E-state index in [1.54, 1.807) is 18.9 Å². The van der Waals surface area contributed by atoms with E-state index in [9.17, 15) is 4.79 Å². The minimum atomic E-state index is -0.624. The fourth-order valence-corrected chi connectivity index (χ4v) is 2.89. The van der Waals surface area contributed by atoms with Crippen molar-refractivity contribution in [3.8, 4) is 22.9 Å². The van der Waals surface area contributed by atoms with Crippen molar-refractivity contribution in [2.75, 3.05) is 13.7 Å². The predicted molar refractivity (Wildman–Crippen MR) is 109 cm³/mol. The van der Waals surface area contributed by atoms with Crippen LogP contribution in [0.15, 0.2) is 53.1 Å². The summed E-state index contributed by atoms with van der Waals surface area (Å²) in [5.74, 6) is 2.12. The van der Waals surface area contributed by atoms with Crippen LogP contribution in [0.2, 0.25) is 0 Å². The third-order valence-corrected chi connectivity index (χ3v) is 4.49. The Kier molecular flexibility index (Phi) is 6.49. The van der Waals surface area contributed by atoms with Crippen LogP contribution in [0.1, 0.15) is 25.3 Å². The first kappa shape index (κ1) is 20.4. The number of amides is 1. The monoisotopic (exact) mass is 395 g/mol. The largest absolute Gasteiger partial charge is 0.497 e. The van der Waals surface area contributed by atoms with Gasteiger partial charge in [0, 0.05) is 12.1 Å². The molecule has 0 unspecified atom stereocenters. The van der Waals surface area contributed by atoms with Crippen molar-refractivity contribution in [3.63, 3.8) is 0 Å². The molecule has 152 valence electrons. The Labute approximate surface area is 170 Å². The van der Waals surface area contributed by atoms with Gasteiger partial charge >= 0.3 is 0 Å². The molecule has 0 aliphatic heterocycles. The molecule has 1 amide bonds. The van der Waals surface area contributed by atoms with Gasteiger partial charge in [-0.1, -0.05) is 17.3 Å². The Morgan fingerprint density at radius 2 is 1.93 bits per heavy atom. The van der Waals surface area contributed by atoms with Crippen molar-refractivity contribution >= 4 is 5.91 Å². The highest BCUT2D eigenvalue weighted by molar-refractivity contribution is 5.80. The van der Waals surface area contributed by atoms with Crippen LogP contribution >= 0.6 is 0 Å². The van der Waals surface area contributed by atoms with Gasteiger partial charge in [0.05, 0.1) is 7.11 Å². The molecule has 0 fully saturated rings. The number of likely N-dealkylation sites (N-methyl/N-ethyl adjacent to an activating group) is 1. The molecule has 7 nitrogen and oxygen atoms in total. The molecule has 0 N–H and O–H groups in total. The van der Waals surface area contributed by atoms with Crippen molar-refractivity contribution < 1.29 is 18.8 Å². The SMILES string of the molecule is CCN(Cc1nc(-c2ccc(OC)cc2)no1)C(=O)[C@H](C)Oc1cccc(C)c1. The van der Waals surface area contributed by atoms with Gasteiger partial charge in [-0.05, 0) is 62.7 Å². The maximum Gasteiger partial charge on any atom is 0.263 e. The molecule has 1 atom stereocenters. The number of benzene rings is 2. The maximum absolute atomic E-state index is 12.8. The fraction of sp³-hybridized carbons (Fsp3) is 0.318. The zero-order valence-electron chi connectivity index (χ0n) is 17.1. The van der Waals surface area contributed by atoms with Crippen molar-refractivity contribution in [1.29, 1.82) is 0 Å². The molecule has 0 saturated heterocycles. The highest BCUT2D eigenvalue weighted by atomic mass is 16.5. The molecular formula is C22H25N3O4. The van der Waals surface area contributed by atoms with Crippen LogP contribution in [0.25, 0.3) is 11.4 Å². The topological polar surface area (TPSA) is 77.7 Å². The number of ether oxygens (including phenoxy) is 2. The molecule has 3 aromatic rings. The van der Waals surface area contributed by atoms with Crippen LogP contribution in [0.3, 0.4) is 0 Å². The molecule has 0 spiro atoms. The predicted octanol–water partition coefficient (Wildman–Crippen LogP) is 3.87. The lowest BCUT2D eigenvalue weighted by molar-refractivity contribution is -0.138. The van der Waals surface area contributed by atoms with Crippen molar-refractivity contribution in [3.05, 3.63) is 60.0 Å². The summed E-state index contributed by atoms with van der Waals surface area (Å²) in [6.45, 7) is 6.34. The quantitative estimate of drug-likeness (QED) is 0.576. The molecule has 0 aliphatic carbocycles. The van der Waals surface area contributed by atoms with Gasteiger partial charge < -0.3 is 18.9 Å². The van der Waals surface area contributed by atoms with Crippen molar-refractivity contribution in [2.24, 2.45) is 0 Å². The molecule has 3 rings (SSSR count). The van der Waals surface area contributed by atoms with Gasteiger partial charge in [-0.2, -0.15) is 4.98 Å². The second-order valence-electron chi connectivity index (χ2n) is 6.67. The summed E-state index contributed by atoms with van der Waals surface area (Å²) in [4.78, 5) is 18.9. The second-order valence-corrected chi connectivity index (χ2v) is 6.67. The van der Waals surface area contributed by atoms with Gasteiger partial charge in [0.2, 0.25) is 11.7 Å². The highest BCUT2D eigenvalue weighted by Gasteiger charge is 2.23. The van der Waals surface area contributed by atoms with E-state index in [1.807, 2.05) is 62.4 Å². The Morgan fingerprint density at radius 1 is 1.17 bits per heavy atom. The van der Waals surface area contributed by atoms with E-state index >= 15 is 0 Å². The van der Waals surface area contributed by atoms with Gasteiger partial charge in [-0.3, -0.25) is 4.79 Å². The molecule has 1 heterocycles. The molecule has 7 heteroatoms. The van der Waals surface area contributed by atoms with E-state index in [0.29, 0.717) is 24.0 Å². The Hall–Kier alpha value is -3.35. The summed E-state index contributed by atoms with van der Waals surface area (Å²) in [6.07, 6.45) is -0.624. The number of aromatic nitrogens is 2. The number of nitrogens with zero attached hydrogens (tertiary/aromatic N) is 3. The molecule has 0 aliphatic rings. The van der Waals surface area contributed by atoms with Gasteiger partial charge in [0.1, 0.15) is 18.0 Å². The summed E-state index contributed by atoms with van der Waals surface area (Å²) >= 11 is 0. The first-order valence-electron chi connectivity index (χ1n) is 9.49. The molecule has 2 aromatic carbocycles. The summed E-state index contributed by atoms with van der Waals surface area (Å²) in [6, 6.07) is 15.0. The number of carbonyl (C=O) groups excluding carboxylic acids is 1. The third kappa shape index (κ3) is 5.13. The van der Waals surface area contributed by atoms with Gasteiger partial charge in [0.15, 0.2) is 6.10 Å². The third-order valence-electron chi connectivity index (χ3n) is 4.49. The number of hydrogen-bond acceptors (Lipinski definition) is 6. The van der Waals surface area contributed by atoms with Crippen LogP contribution in [-0.2, 0) is 11.3 Å². The van der Waals surface area contributed by atoms with E-state index in [4.69, 9.17) is 14.0 Å². The Bertz CT molecular complexity index is 953. The van der Waals surface area contributed by atoms with E-state index in [1.165, 1.54) is 0 Å². The zero-order chi connectivity index (χ0) is 20.8. The average molecular weight is 395 g/mol. The molecular weight excluding hydrogens is 370 g/mol. The number of aryl methyl sites for hydroxylation is 1. The molecule has 0 radical (unpaired) electrons. The van der Waals surface area contributed by atoms with Crippen molar-refractivity contribution in [1.82, 2.24) is 15.0 Å². The molecule has 1 aromatic heterocycles. The van der Waals surface area contributed by atoms with Crippen LogP contribution in [0.5, 0.6) is 11.5 Å². The average Bonchev–Trinajstić information content (AvgIpc) is 3.20. The summed E-state index contributed by atoms with van der Waals surface area (Å²) in [5.41, 5.74) is 1.89. The lowest BCUT2D eigenvalue weighted by Gasteiger charge is -2.23. The summed E-state index contributed by atoms with van der Waals surface area (Å²) in [5, 5.41) is 4.01. The van der Waals surface area contributed by atoms with Crippen LogP contribution in [-0.4, -0.2) is 40.7 Å². The first-order valence-corrected chi connectivity index (χ1v) is 9.49. The number of carbonyl (C=O) groups is 1. The van der Waals surface area contributed by atoms with E-state index < -0.39 is 6.10 Å². The van der Waals surface area contributed by atoms with Gasteiger partial charge in [-0.25, -0.2) is 0 Å². The second kappa shape index (κ2) is 9.23. The highest BCUT2D eigenvalue weighted by Crippen LogP contribution is 2.20. The lowest BCUT2D eigenvalue weighted by atomic mass is 10.2. The zero-order valence-corrected chi connectivity index (χ0v) is 17.1. The minimum Gasteiger partial charge on any atom is -0.497 e. The lowest BCUT2D eigenvalue weighted by Crippen LogP contribution is -2.40. The fourth-order valence-electron chi connectivity index (χ4n) is 2.89. The van der Waals surface area contributed by atoms with Crippen LogP contribution in [0, 0.1) is 6.92 Å². The maximum atomic E-state index is 12.8. The normalized spacial score (nSPS) is 11.7. The smallest absolute Gasteiger partial charge is 0.263 e. The Morgan fingerprint density at radius 3 is 2.59 bits per heavy atom. The number of rotatable bonds is 8. The number of hydrogen-bond donors (Lipinski definition) is 0. The summed E-state index contributed by atoms with van der Waals surface area (Å²) in [7, 11) is 1.61. The molecule has 0 saturated carbocycles. The molecule has 0 bridgehead atoms. The Balaban J connectivity index is 1.65. The van der Waals surface area contributed by atoms with E-state index in [2.05, 4.69) is 10.1 Å². The standard InChI is InChI=1S/C22H25N3O4/c1-5-25(22(26)16(3)28-19-8-6-7-15(2)13-19)14-20-23-21(24-29-20)17-9-11-18(27-4)12-10-17/h6-13,16H,5,14H2,1-4H3/t16-/m0/s1. The van der Waals surface area contributed by atoms with Crippen LogP contribution in [0.4, 0.5) is 0 Å². The minimum absolute atomic E-state index is 0.141. The van der Waals surface area contributed by atoms with Gasteiger partial charge in [0.25, 0.3) is 5.91 Å². The van der Waals surface area contributed by atoms with Gasteiger partial charge in [-0.15, -0.1) is 0 Å². The molecule has 29 heavy (non-hydrogen) atoms. The number of methoxy groups -OCH3 is 1. The first-order chi connectivity index (χ1) is 14.0.